The van der Waals surface area contributed by atoms with Crippen molar-refractivity contribution >= 4 is 29.0 Å². The van der Waals surface area contributed by atoms with E-state index in [1.54, 1.807) is 11.0 Å². The molecule has 1 aliphatic heterocycles. The van der Waals surface area contributed by atoms with Crippen molar-refractivity contribution in [3.05, 3.63) is 62.5 Å². The van der Waals surface area contributed by atoms with Crippen LogP contribution in [0.3, 0.4) is 0 Å². The lowest BCUT2D eigenvalue weighted by molar-refractivity contribution is -0.384. The number of pyridine rings is 1. The van der Waals surface area contributed by atoms with Crippen LogP contribution in [-0.4, -0.2) is 27.3 Å². The van der Waals surface area contributed by atoms with E-state index in [-0.39, 0.29) is 35.0 Å². The number of anilines is 1. The topological polar surface area (TPSA) is 88.4 Å². The quantitative estimate of drug-likeness (QED) is 0.650. The second-order valence-electron chi connectivity index (χ2n) is 6.05. The van der Waals surface area contributed by atoms with Crippen molar-refractivity contribution in [3.63, 3.8) is 0 Å². The molecule has 26 heavy (non-hydrogen) atoms. The number of benzene rings is 1. The fourth-order valence-corrected chi connectivity index (χ4v) is 3.19. The number of carbonyl (C=O) groups excluding carboxylic acids is 1. The molecule has 0 radical (unpaired) electrons. The van der Waals surface area contributed by atoms with Gasteiger partial charge in [0.25, 0.3) is 0 Å². The van der Waals surface area contributed by atoms with E-state index in [0.717, 1.165) is 5.56 Å². The number of amides is 1. The molecule has 0 spiro atoms. The minimum absolute atomic E-state index is 0.0796. The number of aromatic nitrogens is 1. The Balaban J connectivity index is 1.99. The minimum atomic E-state index is -0.564. The molecule has 3 rings (SSSR count). The molecule has 2 aromatic rings. The van der Waals surface area contributed by atoms with E-state index < -0.39 is 10.7 Å². The van der Waals surface area contributed by atoms with Crippen molar-refractivity contribution in [3.8, 4) is 0 Å². The van der Waals surface area contributed by atoms with Crippen LogP contribution in [-0.2, 0) is 11.3 Å². The highest BCUT2D eigenvalue weighted by Gasteiger charge is 2.26. The van der Waals surface area contributed by atoms with E-state index in [2.05, 4.69) is 10.3 Å². The molecule has 1 amide bonds. The number of rotatable bonds is 3. The lowest BCUT2D eigenvalue weighted by Crippen LogP contribution is -2.28. The molecule has 0 saturated heterocycles. The predicted molar refractivity (Wildman–Crippen MR) is 94.4 cm³/mol. The number of carbonyl (C=O) groups is 1. The summed E-state index contributed by atoms with van der Waals surface area (Å²) in [4.78, 5) is 28.1. The van der Waals surface area contributed by atoms with Crippen LogP contribution in [0.1, 0.15) is 30.5 Å². The molecular formula is C17H16ClFN4O3. The number of nitro groups is 1. The van der Waals surface area contributed by atoms with E-state index in [9.17, 15) is 19.3 Å². The highest BCUT2D eigenvalue weighted by molar-refractivity contribution is 6.30. The van der Waals surface area contributed by atoms with E-state index >= 15 is 0 Å². The zero-order valence-electron chi connectivity index (χ0n) is 13.9. The fraction of sp³-hybridized carbons (Fsp3) is 0.294. The van der Waals surface area contributed by atoms with Crippen LogP contribution in [0.15, 0.2) is 30.5 Å². The van der Waals surface area contributed by atoms with Gasteiger partial charge in [0.1, 0.15) is 5.82 Å². The predicted octanol–water partition coefficient (Wildman–Crippen LogP) is 3.69. The van der Waals surface area contributed by atoms with Crippen LogP contribution in [0, 0.1) is 15.9 Å². The molecule has 0 fully saturated rings. The maximum atomic E-state index is 13.7. The van der Waals surface area contributed by atoms with Gasteiger partial charge in [-0.05, 0) is 29.7 Å². The molecule has 1 unspecified atom stereocenters. The Bertz CT molecular complexity index is 877. The van der Waals surface area contributed by atoms with Gasteiger partial charge in [-0.25, -0.2) is 9.37 Å². The Kier molecular flexibility index (Phi) is 5.03. The van der Waals surface area contributed by atoms with Gasteiger partial charge in [0.05, 0.1) is 16.0 Å². The zero-order valence-corrected chi connectivity index (χ0v) is 14.7. The molecule has 1 aromatic heterocycles. The van der Waals surface area contributed by atoms with E-state index in [1.807, 2.05) is 0 Å². The molecule has 7 nitrogen and oxygen atoms in total. The summed E-state index contributed by atoms with van der Waals surface area (Å²) in [5.74, 6) is -0.434. The average molecular weight is 379 g/mol. The molecule has 1 N–H and O–H groups in total. The summed E-state index contributed by atoms with van der Waals surface area (Å²) in [6.07, 6.45) is 1.82. The third-order valence-electron chi connectivity index (χ3n) is 4.32. The maximum absolute atomic E-state index is 13.7. The number of hydrogen-bond acceptors (Lipinski definition) is 5. The Morgan fingerprint density at radius 3 is 2.92 bits per heavy atom. The number of hydrogen-bond donors (Lipinski definition) is 1. The first-order chi connectivity index (χ1) is 12.3. The molecule has 2 heterocycles. The average Bonchev–Trinajstić information content (AvgIpc) is 2.75. The number of nitrogens with zero attached hydrogens (tertiary/aromatic N) is 3. The van der Waals surface area contributed by atoms with Crippen LogP contribution in [0.2, 0.25) is 5.02 Å². The van der Waals surface area contributed by atoms with Gasteiger partial charge < -0.3 is 10.2 Å². The first kappa shape index (κ1) is 18.1. The van der Waals surface area contributed by atoms with Crippen LogP contribution in [0.25, 0.3) is 0 Å². The summed E-state index contributed by atoms with van der Waals surface area (Å²) in [5.41, 5.74) is 1.20. The maximum Gasteiger partial charge on any atom is 0.312 e. The monoisotopic (exact) mass is 378 g/mol. The van der Waals surface area contributed by atoms with Crippen molar-refractivity contribution in [1.82, 2.24) is 9.88 Å². The highest BCUT2D eigenvalue weighted by atomic mass is 35.5. The molecular weight excluding hydrogens is 363 g/mol. The van der Waals surface area contributed by atoms with Gasteiger partial charge in [-0.1, -0.05) is 17.7 Å². The van der Waals surface area contributed by atoms with E-state index in [4.69, 9.17) is 11.6 Å². The van der Waals surface area contributed by atoms with Gasteiger partial charge in [-0.15, -0.1) is 0 Å². The summed E-state index contributed by atoms with van der Waals surface area (Å²) in [5, 5.41) is 14.5. The molecule has 0 aliphatic carbocycles. The summed E-state index contributed by atoms with van der Waals surface area (Å²) in [6.45, 7) is 2.18. The van der Waals surface area contributed by atoms with Gasteiger partial charge in [-0.2, -0.15) is 0 Å². The molecule has 1 atom stereocenters. The van der Waals surface area contributed by atoms with E-state index in [0.29, 0.717) is 18.5 Å². The van der Waals surface area contributed by atoms with Crippen LogP contribution in [0.5, 0.6) is 0 Å². The number of fused-ring (bicyclic) bond motifs is 1. The van der Waals surface area contributed by atoms with Gasteiger partial charge >= 0.3 is 5.69 Å². The third-order valence-corrected chi connectivity index (χ3v) is 4.52. The van der Waals surface area contributed by atoms with Crippen molar-refractivity contribution in [1.29, 1.82) is 0 Å². The molecule has 136 valence electrons. The molecule has 0 saturated carbocycles. The Morgan fingerprint density at radius 2 is 2.23 bits per heavy atom. The Hall–Kier alpha value is -2.74. The SMILES string of the molecule is CC(=O)N1CCC(Nc2ncc(Cl)cc2[N+](=O)[O-])c2ccc(F)cc2C1. The summed E-state index contributed by atoms with van der Waals surface area (Å²) in [7, 11) is 0. The van der Waals surface area contributed by atoms with Crippen molar-refractivity contribution in [2.45, 2.75) is 25.9 Å². The highest BCUT2D eigenvalue weighted by Crippen LogP contribution is 2.33. The smallest absolute Gasteiger partial charge is 0.312 e. The number of halogens is 2. The van der Waals surface area contributed by atoms with Crippen molar-refractivity contribution in [2.24, 2.45) is 0 Å². The molecule has 1 aliphatic rings. The third kappa shape index (κ3) is 3.75. The second-order valence-corrected chi connectivity index (χ2v) is 6.48. The largest absolute Gasteiger partial charge is 0.357 e. The summed E-state index contributed by atoms with van der Waals surface area (Å²) < 4.78 is 13.7. The fourth-order valence-electron chi connectivity index (χ4n) is 3.04. The first-order valence-corrected chi connectivity index (χ1v) is 8.33. The van der Waals surface area contributed by atoms with Gasteiger partial charge in [-0.3, -0.25) is 14.9 Å². The first-order valence-electron chi connectivity index (χ1n) is 7.95. The van der Waals surface area contributed by atoms with Crippen LogP contribution >= 0.6 is 11.6 Å². The lowest BCUT2D eigenvalue weighted by atomic mass is 9.99. The zero-order chi connectivity index (χ0) is 18.8. The van der Waals surface area contributed by atoms with Gasteiger partial charge in [0.2, 0.25) is 11.7 Å². The van der Waals surface area contributed by atoms with Crippen LogP contribution < -0.4 is 5.32 Å². The lowest BCUT2D eigenvalue weighted by Gasteiger charge is -2.20. The minimum Gasteiger partial charge on any atom is -0.357 e. The Morgan fingerprint density at radius 1 is 1.46 bits per heavy atom. The summed E-state index contributed by atoms with van der Waals surface area (Å²) in [6, 6.07) is 5.21. The van der Waals surface area contributed by atoms with Gasteiger partial charge in [0.15, 0.2) is 0 Å². The normalized spacial score (nSPS) is 16.6. The molecule has 9 heteroatoms. The number of nitrogens with one attached hydrogen (secondary N) is 1. The Labute approximate surface area is 153 Å². The van der Waals surface area contributed by atoms with Crippen molar-refractivity contribution < 1.29 is 14.1 Å². The summed E-state index contributed by atoms with van der Waals surface area (Å²) >= 11 is 5.80. The van der Waals surface area contributed by atoms with Crippen LogP contribution in [0.4, 0.5) is 15.9 Å². The van der Waals surface area contributed by atoms with Crippen molar-refractivity contribution in [2.75, 3.05) is 11.9 Å². The molecule has 0 bridgehead atoms. The van der Waals surface area contributed by atoms with Gasteiger partial charge in [0, 0.05) is 32.3 Å². The molecule has 1 aromatic carbocycles. The standard InChI is InChI=1S/C17H16ClFN4O3/c1-10(24)22-5-4-15(14-3-2-13(19)6-11(14)9-22)21-17-16(23(25)26)7-12(18)8-20-17/h2-3,6-8,15H,4-5,9H2,1H3,(H,20,21). The van der Waals surface area contributed by atoms with E-state index in [1.165, 1.54) is 31.3 Å². The second kappa shape index (κ2) is 7.25.